The van der Waals surface area contributed by atoms with Crippen molar-refractivity contribution in [1.82, 2.24) is 0 Å². The van der Waals surface area contributed by atoms with E-state index in [-0.39, 0.29) is 10.6 Å². The fraction of sp³-hybridized carbons (Fsp3) is 0.353. The molecular weight excluding hydrogens is 557 g/mol. The van der Waals surface area contributed by atoms with Crippen LogP contribution >= 0.6 is 23.2 Å². The van der Waals surface area contributed by atoms with E-state index in [1.165, 1.54) is 5.57 Å². The van der Waals surface area contributed by atoms with E-state index in [1.807, 2.05) is 6.08 Å². The molecule has 1 saturated carbocycles. The first kappa shape index (κ1) is 33.7. The van der Waals surface area contributed by atoms with Crippen molar-refractivity contribution in [3.05, 3.63) is 88.6 Å². The fourth-order valence-corrected chi connectivity index (χ4v) is 4.35. The van der Waals surface area contributed by atoms with Crippen LogP contribution in [0.4, 0.5) is 5.69 Å². The first-order chi connectivity index (χ1) is 19.5. The second-order valence-electron chi connectivity index (χ2n) is 10.3. The van der Waals surface area contributed by atoms with Gasteiger partial charge in [-0.05, 0) is 80.9 Å². The predicted octanol–water partition coefficient (Wildman–Crippen LogP) is 9.32. The Labute approximate surface area is 254 Å². The SMILES string of the molecule is C#CC(C)(C)Oc1cccc(C(=O)Nc2cc(OC3=C(CC)C(C)C(C)C=C3)ccc2Cl)c1Cl.C=C.O=CC1CC1. The number of amides is 1. The summed E-state index contributed by atoms with van der Waals surface area (Å²) in [6.07, 6.45) is 13.9. The van der Waals surface area contributed by atoms with Gasteiger partial charge in [-0.2, -0.15) is 0 Å². The third-order valence-electron chi connectivity index (χ3n) is 6.74. The Hall–Kier alpha value is -3.46. The molecular formula is C34H39Cl2NO4. The van der Waals surface area contributed by atoms with Crippen LogP contribution in [-0.2, 0) is 4.79 Å². The lowest BCUT2D eigenvalue weighted by Gasteiger charge is -2.26. The molecule has 0 radical (unpaired) electrons. The maximum absolute atomic E-state index is 13.0. The number of ether oxygens (including phenoxy) is 2. The summed E-state index contributed by atoms with van der Waals surface area (Å²) in [6, 6.07) is 10.1. The van der Waals surface area contributed by atoms with Gasteiger partial charge in [0.1, 0.15) is 23.5 Å². The lowest BCUT2D eigenvalue weighted by atomic mass is 9.83. The van der Waals surface area contributed by atoms with Crippen LogP contribution in [0.15, 0.2) is 73.0 Å². The van der Waals surface area contributed by atoms with Crippen molar-refractivity contribution in [3.8, 4) is 23.8 Å². The molecule has 0 aromatic heterocycles. The summed E-state index contributed by atoms with van der Waals surface area (Å²) in [5.41, 5.74) is 1.04. The molecule has 2 aliphatic rings. The molecule has 4 rings (SSSR count). The van der Waals surface area contributed by atoms with Crippen LogP contribution in [-0.4, -0.2) is 17.8 Å². The molecule has 1 N–H and O–H groups in total. The lowest BCUT2D eigenvalue weighted by molar-refractivity contribution is -0.108. The van der Waals surface area contributed by atoms with Gasteiger partial charge in [0.2, 0.25) is 0 Å². The molecule has 2 aromatic carbocycles. The number of benzene rings is 2. The van der Waals surface area contributed by atoms with Crippen LogP contribution in [0.25, 0.3) is 0 Å². The molecule has 5 nitrogen and oxygen atoms in total. The van der Waals surface area contributed by atoms with E-state index in [4.69, 9.17) is 39.1 Å². The minimum atomic E-state index is -0.872. The monoisotopic (exact) mass is 595 g/mol. The summed E-state index contributed by atoms with van der Waals surface area (Å²) in [6.45, 7) is 16.0. The molecule has 0 aliphatic heterocycles. The number of aldehydes is 1. The van der Waals surface area contributed by atoms with E-state index < -0.39 is 11.5 Å². The molecule has 2 aromatic rings. The normalized spacial score (nSPS) is 17.6. The van der Waals surface area contributed by atoms with Crippen molar-refractivity contribution in [3.63, 3.8) is 0 Å². The van der Waals surface area contributed by atoms with E-state index in [1.54, 1.807) is 50.2 Å². The lowest BCUT2D eigenvalue weighted by Crippen LogP contribution is -2.26. The van der Waals surface area contributed by atoms with Gasteiger partial charge in [-0.15, -0.1) is 19.6 Å². The Morgan fingerprint density at radius 1 is 1.20 bits per heavy atom. The van der Waals surface area contributed by atoms with Crippen molar-refractivity contribution in [1.29, 1.82) is 0 Å². The Bertz CT molecular complexity index is 1330. The molecule has 41 heavy (non-hydrogen) atoms. The van der Waals surface area contributed by atoms with Gasteiger partial charge in [0.15, 0.2) is 5.60 Å². The second-order valence-corrected chi connectivity index (χ2v) is 11.1. The van der Waals surface area contributed by atoms with Crippen molar-refractivity contribution < 1.29 is 19.1 Å². The van der Waals surface area contributed by atoms with Crippen LogP contribution in [0.1, 0.15) is 64.2 Å². The summed E-state index contributed by atoms with van der Waals surface area (Å²) in [4.78, 5) is 22.6. The first-order valence-corrected chi connectivity index (χ1v) is 14.4. The standard InChI is InChI=1S/C28H29Cl2NO3.C4H6O.C2H4/c1-7-20-18(4)17(3)12-15-24(20)33-19-13-14-22(29)23(16-19)31-27(32)21-10-9-11-25(26(21)30)34-28(5,6)8-2;5-3-4-1-2-4;1-2/h2,9-18H,7H2,1,3-6H3,(H,31,32);3-4H,1-2H2;1-2H2. The minimum absolute atomic E-state index is 0.167. The maximum Gasteiger partial charge on any atom is 0.257 e. The van der Waals surface area contributed by atoms with Gasteiger partial charge in [-0.3, -0.25) is 4.79 Å². The highest BCUT2D eigenvalue weighted by atomic mass is 35.5. The van der Waals surface area contributed by atoms with Gasteiger partial charge >= 0.3 is 0 Å². The van der Waals surface area contributed by atoms with E-state index >= 15 is 0 Å². The number of carbonyl (C=O) groups excluding carboxylic acids is 2. The number of hydrogen-bond acceptors (Lipinski definition) is 4. The number of rotatable bonds is 8. The Kier molecular flexibility index (Phi) is 12.8. The van der Waals surface area contributed by atoms with Gasteiger partial charge in [0, 0.05) is 12.0 Å². The summed E-state index contributed by atoms with van der Waals surface area (Å²) < 4.78 is 12.0. The molecule has 2 unspecified atom stereocenters. The average Bonchev–Trinajstić information content (AvgIpc) is 3.80. The highest BCUT2D eigenvalue weighted by Gasteiger charge is 2.23. The first-order valence-electron chi connectivity index (χ1n) is 13.6. The number of allylic oxidation sites excluding steroid dienone is 3. The number of halogens is 2. The van der Waals surface area contributed by atoms with Crippen LogP contribution < -0.4 is 14.8 Å². The zero-order valence-corrected chi connectivity index (χ0v) is 25.9. The largest absolute Gasteiger partial charge is 0.474 e. The predicted molar refractivity (Wildman–Crippen MR) is 170 cm³/mol. The van der Waals surface area contributed by atoms with Crippen molar-refractivity contribution in [2.45, 2.75) is 59.5 Å². The molecule has 0 saturated heterocycles. The smallest absolute Gasteiger partial charge is 0.257 e. The van der Waals surface area contributed by atoms with E-state index in [0.29, 0.717) is 40.0 Å². The third-order valence-corrected chi connectivity index (χ3v) is 7.46. The molecule has 1 fully saturated rings. The summed E-state index contributed by atoms with van der Waals surface area (Å²) in [5.74, 6) is 5.15. The van der Waals surface area contributed by atoms with Gasteiger partial charge in [0.25, 0.3) is 5.91 Å². The highest BCUT2D eigenvalue weighted by Crippen LogP contribution is 2.36. The summed E-state index contributed by atoms with van der Waals surface area (Å²) in [5, 5.41) is 3.37. The number of hydrogen-bond donors (Lipinski definition) is 1. The van der Waals surface area contributed by atoms with E-state index in [2.05, 4.69) is 51.2 Å². The summed E-state index contributed by atoms with van der Waals surface area (Å²) in [7, 11) is 0. The topological polar surface area (TPSA) is 64.6 Å². The van der Waals surface area contributed by atoms with Crippen LogP contribution in [0, 0.1) is 30.1 Å². The minimum Gasteiger partial charge on any atom is -0.474 e. The van der Waals surface area contributed by atoms with Gasteiger partial charge in [0.05, 0.1) is 21.3 Å². The van der Waals surface area contributed by atoms with Crippen LogP contribution in [0.3, 0.4) is 0 Å². The average molecular weight is 597 g/mol. The molecule has 0 bridgehead atoms. The maximum atomic E-state index is 13.0. The highest BCUT2D eigenvalue weighted by molar-refractivity contribution is 6.36. The van der Waals surface area contributed by atoms with Crippen LogP contribution in [0.5, 0.6) is 11.5 Å². The quantitative estimate of drug-likeness (QED) is 0.187. The molecule has 7 heteroatoms. The Balaban J connectivity index is 0.000000743. The molecule has 0 spiro atoms. The van der Waals surface area contributed by atoms with E-state index in [0.717, 1.165) is 31.3 Å². The molecule has 1 amide bonds. The van der Waals surface area contributed by atoms with Gasteiger partial charge in [-0.1, -0.05) is 62.0 Å². The zero-order chi connectivity index (χ0) is 30.7. The fourth-order valence-electron chi connectivity index (χ4n) is 3.93. The number of nitrogens with one attached hydrogen (secondary N) is 1. The number of anilines is 1. The number of terminal acetylenes is 1. The molecule has 0 heterocycles. The van der Waals surface area contributed by atoms with Crippen molar-refractivity contribution in [2.24, 2.45) is 17.8 Å². The Morgan fingerprint density at radius 2 is 1.88 bits per heavy atom. The van der Waals surface area contributed by atoms with Crippen LogP contribution in [0.2, 0.25) is 10.0 Å². The van der Waals surface area contributed by atoms with Crippen molar-refractivity contribution >= 4 is 41.1 Å². The molecule has 218 valence electrons. The Morgan fingerprint density at radius 3 is 2.44 bits per heavy atom. The van der Waals surface area contributed by atoms with Gasteiger partial charge < -0.3 is 19.6 Å². The van der Waals surface area contributed by atoms with Crippen molar-refractivity contribution in [2.75, 3.05) is 5.32 Å². The molecule has 2 aliphatic carbocycles. The number of carbonyl (C=O) groups is 2. The van der Waals surface area contributed by atoms with Gasteiger partial charge in [-0.25, -0.2) is 0 Å². The summed E-state index contributed by atoms with van der Waals surface area (Å²) >= 11 is 12.8. The van der Waals surface area contributed by atoms with E-state index in [9.17, 15) is 9.59 Å². The third kappa shape index (κ3) is 9.56. The zero-order valence-electron chi connectivity index (χ0n) is 24.4. The molecule has 2 atom stereocenters. The second kappa shape index (κ2) is 15.5.